The predicted octanol–water partition coefficient (Wildman–Crippen LogP) is 4.52. The van der Waals surface area contributed by atoms with Crippen molar-refractivity contribution in [1.82, 2.24) is 4.90 Å². The maximum atomic E-state index is 3.70. The van der Waals surface area contributed by atoms with Gasteiger partial charge in [0.1, 0.15) is 0 Å². The summed E-state index contributed by atoms with van der Waals surface area (Å²) < 4.78 is 0. The Morgan fingerprint density at radius 2 is 1.71 bits per heavy atom. The van der Waals surface area contributed by atoms with Crippen LogP contribution in [-0.2, 0) is 5.41 Å². The number of anilines is 1. The van der Waals surface area contributed by atoms with E-state index in [0.29, 0.717) is 6.04 Å². The first-order valence-electron chi connectivity index (χ1n) is 8.49. The average Bonchev–Trinajstić information content (AvgIpc) is 2.47. The van der Waals surface area contributed by atoms with Gasteiger partial charge in [-0.15, -0.1) is 0 Å². The van der Waals surface area contributed by atoms with Crippen molar-refractivity contribution in [3.05, 3.63) is 29.8 Å². The van der Waals surface area contributed by atoms with E-state index in [9.17, 15) is 0 Å². The molecule has 0 spiro atoms. The van der Waals surface area contributed by atoms with Gasteiger partial charge in [0.25, 0.3) is 0 Å². The first-order chi connectivity index (χ1) is 9.90. The van der Waals surface area contributed by atoms with Crippen LogP contribution in [-0.4, -0.2) is 30.6 Å². The highest BCUT2D eigenvalue weighted by atomic mass is 15.1. The van der Waals surface area contributed by atoms with Crippen molar-refractivity contribution in [2.75, 3.05) is 25.0 Å². The Kier molecular flexibility index (Phi) is 5.32. The van der Waals surface area contributed by atoms with Gasteiger partial charge in [-0.25, -0.2) is 0 Å². The number of hydrogen-bond acceptors (Lipinski definition) is 2. The van der Waals surface area contributed by atoms with E-state index in [0.717, 1.165) is 5.92 Å². The summed E-state index contributed by atoms with van der Waals surface area (Å²) in [6, 6.07) is 9.55. The van der Waals surface area contributed by atoms with Crippen LogP contribution in [0.15, 0.2) is 24.3 Å². The van der Waals surface area contributed by atoms with Crippen molar-refractivity contribution < 1.29 is 0 Å². The minimum absolute atomic E-state index is 0.233. The van der Waals surface area contributed by atoms with E-state index in [-0.39, 0.29) is 5.41 Å². The number of nitrogens with one attached hydrogen (secondary N) is 1. The van der Waals surface area contributed by atoms with Crippen LogP contribution >= 0.6 is 0 Å². The van der Waals surface area contributed by atoms with Crippen molar-refractivity contribution in [3.8, 4) is 0 Å². The smallest absolute Gasteiger partial charge is 0.0342 e. The van der Waals surface area contributed by atoms with Crippen LogP contribution in [0.2, 0.25) is 0 Å². The van der Waals surface area contributed by atoms with Gasteiger partial charge < -0.3 is 10.2 Å². The van der Waals surface area contributed by atoms with E-state index in [4.69, 9.17) is 0 Å². The fraction of sp³-hybridized carbons (Fsp3) is 0.684. The van der Waals surface area contributed by atoms with Crippen LogP contribution in [0.25, 0.3) is 0 Å². The van der Waals surface area contributed by atoms with Gasteiger partial charge >= 0.3 is 0 Å². The van der Waals surface area contributed by atoms with Gasteiger partial charge in [-0.1, -0.05) is 39.8 Å². The number of benzene rings is 1. The Hall–Kier alpha value is -1.02. The standard InChI is InChI=1S/C19H32N2/c1-6-21-13-11-16(12-14-21)15(2)20-18-9-7-17(8-10-18)19(3,4)5/h7-10,15-16,20H,6,11-14H2,1-5H3. The second-order valence-electron chi connectivity index (χ2n) is 7.53. The molecule has 0 amide bonds. The Labute approximate surface area is 130 Å². The topological polar surface area (TPSA) is 15.3 Å². The summed E-state index contributed by atoms with van der Waals surface area (Å²) >= 11 is 0. The third-order valence-corrected chi connectivity index (χ3v) is 4.93. The number of rotatable bonds is 4. The van der Waals surface area contributed by atoms with Crippen LogP contribution in [0, 0.1) is 5.92 Å². The summed E-state index contributed by atoms with van der Waals surface area (Å²) in [4.78, 5) is 2.56. The molecule has 1 unspecified atom stereocenters. The quantitative estimate of drug-likeness (QED) is 0.876. The minimum Gasteiger partial charge on any atom is -0.382 e. The fourth-order valence-electron chi connectivity index (χ4n) is 3.22. The average molecular weight is 288 g/mol. The number of piperidine rings is 1. The summed E-state index contributed by atoms with van der Waals surface area (Å²) in [5.74, 6) is 0.801. The molecule has 1 aliphatic heterocycles. The largest absolute Gasteiger partial charge is 0.382 e. The van der Waals surface area contributed by atoms with Crippen molar-refractivity contribution >= 4 is 5.69 Å². The number of nitrogens with zero attached hydrogens (tertiary/aromatic N) is 1. The number of likely N-dealkylation sites (tertiary alicyclic amines) is 1. The highest BCUT2D eigenvalue weighted by molar-refractivity contribution is 5.46. The van der Waals surface area contributed by atoms with Crippen molar-refractivity contribution in [1.29, 1.82) is 0 Å². The Morgan fingerprint density at radius 3 is 2.19 bits per heavy atom. The second-order valence-corrected chi connectivity index (χ2v) is 7.53. The van der Waals surface area contributed by atoms with Gasteiger partial charge in [0.2, 0.25) is 0 Å². The van der Waals surface area contributed by atoms with Crippen LogP contribution in [0.4, 0.5) is 5.69 Å². The van der Waals surface area contributed by atoms with Gasteiger partial charge in [0.05, 0.1) is 0 Å². The predicted molar refractivity (Wildman–Crippen MR) is 93.1 cm³/mol. The van der Waals surface area contributed by atoms with E-state index in [2.05, 4.69) is 69.1 Å². The maximum Gasteiger partial charge on any atom is 0.0342 e. The Bertz CT molecular complexity index is 422. The highest BCUT2D eigenvalue weighted by Crippen LogP contribution is 2.26. The Morgan fingerprint density at radius 1 is 1.14 bits per heavy atom. The van der Waals surface area contributed by atoms with Crippen molar-refractivity contribution in [2.24, 2.45) is 5.92 Å². The first-order valence-corrected chi connectivity index (χ1v) is 8.49. The molecule has 1 aliphatic rings. The SMILES string of the molecule is CCN1CCC(C(C)Nc2ccc(C(C)(C)C)cc2)CC1. The zero-order chi connectivity index (χ0) is 15.5. The summed E-state index contributed by atoms with van der Waals surface area (Å²) in [5.41, 5.74) is 2.89. The van der Waals surface area contributed by atoms with Gasteiger partial charge in [-0.3, -0.25) is 0 Å². The van der Waals surface area contributed by atoms with Crippen LogP contribution in [0.3, 0.4) is 0 Å². The lowest BCUT2D eigenvalue weighted by Gasteiger charge is -2.35. The molecule has 0 aromatic heterocycles. The van der Waals surface area contributed by atoms with E-state index < -0.39 is 0 Å². The van der Waals surface area contributed by atoms with Crippen LogP contribution in [0.5, 0.6) is 0 Å². The molecule has 21 heavy (non-hydrogen) atoms. The van der Waals surface area contributed by atoms with Crippen LogP contribution in [0.1, 0.15) is 53.0 Å². The molecule has 2 heteroatoms. The third kappa shape index (κ3) is 4.47. The highest BCUT2D eigenvalue weighted by Gasteiger charge is 2.23. The van der Waals surface area contributed by atoms with Gasteiger partial charge in [-0.2, -0.15) is 0 Å². The van der Waals surface area contributed by atoms with Gasteiger partial charge in [0.15, 0.2) is 0 Å². The molecule has 0 saturated carbocycles. The molecule has 1 aromatic rings. The van der Waals surface area contributed by atoms with E-state index >= 15 is 0 Å². The first kappa shape index (κ1) is 16.4. The lowest BCUT2D eigenvalue weighted by atomic mass is 9.87. The minimum atomic E-state index is 0.233. The molecule has 0 aliphatic carbocycles. The van der Waals surface area contributed by atoms with Gasteiger partial charge in [-0.05, 0) is 68.4 Å². The summed E-state index contributed by atoms with van der Waals surface area (Å²) in [6.45, 7) is 15.1. The summed E-state index contributed by atoms with van der Waals surface area (Å²) in [5, 5.41) is 3.70. The van der Waals surface area contributed by atoms with E-state index in [1.807, 2.05) is 0 Å². The molecular weight excluding hydrogens is 256 g/mol. The molecular formula is C19H32N2. The molecule has 2 rings (SSSR count). The molecule has 1 saturated heterocycles. The zero-order valence-corrected chi connectivity index (χ0v) is 14.4. The summed E-state index contributed by atoms with van der Waals surface area (Å²) in [6.07, 6.45) is 2.64. The zero-order valence-electron chi connectivity index (χ0n) is 14.4. The molecule has 1 aromatic carbocycles. The normalized spacial score (nSPS) is 19.5. The van der Waals surface area contributed by atoms with Crippen molar-refractivity contribution in [2.45, 2.75) is 58.9 Å². The summed E-state index contributed by atoms with van der Waals surface area (Å²) in [7, 11) is 0. The molecule has 0 bridgehead atoms. The molecule has 1 atom stereocenters. The number of hydrogen-bond donors (Lipinski definition) is 1. The van der Waals surface area contributed by atoms with E-state index in [1.165, 1.54) is 43.7 Å². The fourth-order valence-corrected chi connectivity index (χ4v) is 3.22. The molecule has 118 valence electrons. The lowest BCUT2D eigenvalue weighted by Crippen LogP contribution is -2.39. The molecule has 1 heterocycles. The van der Waals surface area contributed by atoms with Gasteiger partial charge in [0, 0.05) is 11.7 Å². The maximum absolute atomic E-state index is 3.70. The second kappa shape index (κ2) is 6.83. The Balaban J connectivity index is 1.89. The third-order valence-electron chi connectivity index (χ3n) is 4.93. The van der Waals surface area contributed by atoms with Crippen molar-refractivity contribution in [3.63, 3.8) is 0 Å². The molecule has 1 fully saturated rings. The molecule has 2 nitrogen and oxygen atoms in total. The lowest BCUT2D eigenvalue weighted by molar-refractivity contribution is 0.183. The van der Waals surface area contributed by atoms with Crippen LogP contribution < -0.4 is 5.32 Å². The monoisotopic (exact) mass is 288 g/mol. The van der Waals surface area contributed by atoms with E-state index in [1.54, 1.807) is 0 Å². The molecule has 1 N–H and O–H groups in total. The molecule has 0 radical (unpaired) electrons.